The first-order valence-electron chi connectivity index (χ1n) is 9.34. The minimum atomic E-state index is -4.64. The Balaban J connectivity index is 1.75. The lowest BCUT2D eigenvalue weighted by atomic mass is 10.1. The van der Waals surface area contributed by atoms with Gasteiger partial charge >= 0.3 is 6.18 Å². The lowest BCUT2D eigenvalue weighted by Crippen LogP contribution is -2.28. The van der Waals surface area contributed by atoms with Crippen LogP contribution in [0.15, 0.2) is 65.8 Å². The smallest absolute Gasteiger partial charge is 0.433 e. The standard InChI is InChI=1S/C22H20F3N3O2S/c1-14(15-6-4-3-5-7-15)26-20(29)13-31-21-27-18(12-19(28-21)22(23,24)25)16-8-10-17(30-2)11-9-16/h3-12,14H,13H2,1-2H3,(H,26,29)/t14-/m0/s1. The van der Waals surface area contributed by atoms with E-state index < -0.39 is 11.9 Å². The molecule has 0 fully saturated rings. The van der Waals surface area contributed by atoms with Crippen molar-refractivity contribution >= 4 is 17.7 Å². The Hall–Kier alpha value is -3.07. The number of halogens is 3. The third-order valence-corrected chi connectivity index (χ3v) is 5.24. The molecule has 0 saturated carbocycles. The van der Waals surface area contributed by atoms with E-state index >= 15 is 0 Å². The van der Waals surface area contributed by atoms with Gasteiger partial charge in [0.25, 0.3) is 0 Å². The molecule has 0 aliphatic carbocycles. The normalized spacial score (nSPS) is 12.3. The van der Waals surface area contributed by atoms with Crippen molar-refractivity contribution in [2.45, 2.75) is 24.3 Å². The summed E-state index contributed by atoms with van der Waals surface area (Å²) < 4.78 is 45.1. The molecule has 1 amide bonds. The molecule has 0 saturated heterocycles. The quantitative estimate of drug-likeness (QED) is 0.401. The molecule has 0 spiro atoms. The SMILES string of the molecule is COc1ccc(-c2cc(C(F)(F)F)nc(SCC(=O)N[C@@H](C)c3ccccc3)n2)cc1. The van der Waals surface area contributed by atoms with Crippen molar-refractivity contribution in [3.05, 3.63) is 71.9 Å². The topological polar surface area (TPSA) is 64.1 Å². The monoisotopic (exact) mass is 447 g/mol. The second-order valence-electron chi connectivity index (χ2n) is 6.64. The Morgan fingerprint density at radius 2 is 1.77 bits per heavy atom. The van der Waals surface area contributed by atoms with Gasteiger partial charge in [-0.3, -0.25) is 4.79 Å². The predicted molar refractivity (Wildman–Crippen MR) is 113 cm³/mol. The maximum Gasteiger partial charge on any atom is 0.433 e. The summed E-state index contributed by atoms with van der Waals surface area (Å²) in [6, 6.07) is 16.5. The minimum Gasteiger partial charge on any atom is -0.497 e. The molecule has 1 N–H and O–H groups in total. The van der Waals surface area contributed by atoms with Gasteiger partial charge in [-0.05, 0) is 42.8 Å². The van der Waals surface area contributed by atoms with Crippen LogP contribution in [-0.2, 0) is 11.0 Å². The molecule has 2 aromatic carbocycles. The number of carbonyl (C=O) groups excluding carboxylic acids is 1. The second kappa shape index (κ2) is 9.82. The van der Waals surface area contributed by atoms with Crippen molar-refractivity contribution in [2.75, 3.05) is 12.9 Å². The molecule has 0 aliphatic heterocycles. The van der Waals surface area contributed by atoms with E-state index in [0.717, 1.165) is 23.4 Å². The average Bonchev–Trinajstić information content (AvgIpc) is 2.77. The molecule has 0 bridgehead atoms. The zero-order valence-electron chi connectivity index (χ0n) is 16.8. The molecule has 1 aromatic heterocycles. The number of carbonyl (C=O) groups is 1. The third kappa shape index (κ3) is 6.21. The third-order valence-electron chi connectivity index (χ3n) is 4.39. The second-order valence-corrected chi connectivity index (χ2v) is 7.58. The Morgan fingerprint density at radius 3 is 2.39 bits per heavy atom. The molecule has 1 atom stereocenters. The highest BCUT2D eigenvalue weighted by Gasteiger charge is 2.34. The molecule has 162 valence electrons. The largest absolute Gasteiger partial charge is 0.497 e. The van der Waals surface area contributed by atoms with Crippen LogP contribution in [0.2, 0.25) is 0 Å². The number of hydrogen-bond donors (Lipinski definition) is 1. The molecule has 5 nitrogen and oxygen atoms in total. The summed E-state index contributed by atoms with van der Waals surface area (Å²) in [6.07, 6.45) is -4.64. The maximum atomic E-state index is 13.3. The van der Waals surface area contributed by atoms with Gasteiger partial charge in [0.2, 0.25) is 5.91 Å². The number of hydrogen-bond acceptors (Lipinski definition) is 5. The van der Waals surface area contributed by atoms with Gasteiger partial charge in [-0.2, -0.15) is 13.2 Å². The summed E-state index contributed by atoms with van der Waals surface area (Å²) in [5, 5.41) is 2.70. The summed E-state index contributed by atoms with van der Waals surface area (Å²) in [6.45, 7) is 1.83. The molecule has 0 aliphatic rings. The molecule has 3 rings (SSSR count). The van der Waals surface area contributed by atoms with E-state index in [-0.39, 0.29) is 28.6 Å². The number of benzene rings is 2. The number of alkyl halides is 3. The van der Waals surface area contributed by atoms with Gasteiger partial charge in [0.1, 0.15) is 11.4 Å². The van der Waals surface area contributed by atoms with Crippen LogP contribution in [0.1, 0.15) is 24.2 Å². The molecule has 31 heavy (non-hydrogen) atoms. The number of thioether (sulfide) groups is 1. The van der Waals surface area contributed by atoms with Gasteiger partial charge < -0.3 is 10.1 Å². The summed E-state index contributed by atoms with van der Waals surface area (Å²) in [4.78, 5) is 20.1. The van der Waals surface area contributed by atoms with Crippen LogP contribution in [0.5, 0.6) is 5.75 Å². The van der Waals surface area contributed by atoms with E-state index in [1.54, 1.807) is 24.3 Å². The summed E-state index contributed by atoms with van der Waals surface area (Å²) in [5.41, 5.74) is 0.468. The van der Waals surface area contributed by atoms with Crippen molar-refractivity contribution < 1.29 is 22.7 Å². The number of aromatic nitrogens is 2. The first-order valence-corrected chi connectivity index (χ1v) is 10.3. The van der Waals surface area contributed by atoms with Gasteiger partial charge in [0.15, 0.2) is 5.16 Å². The van der Waals surface area contributed by atoms with E-state index in [1.807, 2.05) is 37.3 Å². The van der Waals surface area contributed by atoms with Gasteiger partial charge in [0, 0.05) is 5.56 Å². The number of rotatable bonds is 7. The molecule has 3 aromatic rings. The zero-order valence-corrected chi connectivity index (χ0v) is 17.6. The van der Waals surface area contributed by atoms with Crippen LogP contribution in [0, 0.1) is 0 Å². The van der Waals surface area contributed by atoms with Gasteiger partial charge in [-0.25, -0.2) is 9.97 Å². The minimum absolute atomic E-state index is 0.111. The van der Waals surface area contributed by atoms with Gasteiger partial charge in [-0.1, -0.05) is 42.1 Å². The number of methoxy groups -OCH3 is 1. The highest BCUT2D eigenvalue weighted by atomic mass is 32.2. The van der Waals surface area contributed by atoms with E-state index in [4.69, 9.17) is 4.74 Å². The predicted octanol–water partition coefficient (Wildman–Crippen LogP) is 5.14. The molecule has 9 heteroatoms. The number of nitrogens with one attached hydrogen (secondary N) is 1. The van der Waals surface area contributed by atoms with Crippen LogP contribution in [0.4, 0.5) is 13.2 Å². The van der Waals surface area contributed by atoms with E-state index in [2.05, 4.69) is 15.3 Å². The molecular formula is C22H20F3N3O2S. The Morgan fingerprint density at radius 1 is 1.10 bits per heavy atom. The summed E-state index contributed by atoms with van der Waals surface area (Å²) in [5.74, 6) is 0.140. The van der Waals surface area contributed by atoms with Crippen LogP contribution >= 0.6 is 11.8 Å². The summed E-state index contributed by atoms with van der Waals surface area (Å²) >= 11 is 0.854. The van der Waals surface area contributed by atoms with Crippen molar-refractivity contribution in [2.24, 2.45) is 0 Å². The van der Waals surface area contributed by atoms with Crippen LogP contribution in [0.25, 0.3) is 11.3 Å². The molecule has 1 heterocycles. The lowest BCUT2D eigenvalue weighted by Gasteiger charge is -2.14. The molecular weight excluding hydrogens is 427 g/mol. The fraction of sp³-hybridized carbons (Fsp3) is 0.227. The van der Waals surface area contributed by atoms with Crippen molar-refractivity contribution in [3.63, 3.8) is 0 Å². The van der Waals surface area contributed by atoms with E-state index in [0.29, 0.717) is 11.3 Å². The Bertz CT molecular complexity index is 1030. The van der Waals surface area contributed by atoms with Gasteiger partial charge in [-0.15, -0.1) is 0 Å². The highest BCUT2D eigenvalue weighted by molar-refractivity contribution is 7.99. The molecule has 0 radical (unpaired) electrons. The fourth-order valence-electron chi connectivity index (χ4n) is 2.78. The van der Waals surface area contributed by atoms with Crippen LogP contribution < -0.4 is 10.1 Å². The number of nitrogens with zero attached hydrogens (tertiary/aromatic N) is 2. The maximum absolute atomic E-state index is 13.3. The van der Waals surface area contributed by atoms with Gasteiger partial charge in [0.05, 0.1) is 24.6 Å². The van der Waals surface area contributed by atoms with Crippen molar-refractivity contribution in [1.29, 1.82) is 0 Å². The van der Waals surface area contributed by atoms with E-state index in [9.17, 15) is 18.0 Å². The Kier molecular flexibility index (Phi) is 7.17. The van der Waals surface area contributed by atoms with E-state index in [1.165, 1.54) is 7.11 Å². The molecule has 0 unspecified atom stereocenters. The first-order chi connectivity index (χ1) is 14.8. The Labute approximate surface area is 182 Å². The van der Waals surface area contributed by atoms with Crippen LogP contribution in [0.3, 0.4) is 0 Å². The van der Waals surface area contributed by atoms with Crippen LogP contribution in [-0.4, -0.2) is 28.7 Å². The lowest BCUT2D eigenvalue weighted by molar-refractivity contribution is -0.141. The highest BCUT2D eigenvalue weighted by Crippen LogP contribution is 2.32. The zero-order chi connectivity index (χ0) is 22.4. The first kappa shape index (κ1) is 22.6. The van der Waals surface area contributed by atoms with Crippen molar-refractivity contribution in [1.82, 2.24) is 15.3 Å². The number of amides is 1. The fourth-order valence-corrected chi connectivity index (χ4v) is 3.45. The van der Waals surface area contributed by atoms with Crippen molar-refractivity contribution in [3.8, 4) is 17.0 Å². The number of ether oxygens (including phenoxy) is 1. The summed E-state index contributed by atoms with van der Waals surface area (Å²) in [7, 11) is 1.50. The average molecular weight is 447 g/mol.